The van der Waals surface area contributed by atoms with Crippen molar-refractivity contribution >= 4 is 18.3 Å². The van der Waals surface area contributed by atoms with Crippen molar-refractivity contribution in [3.8, 4) is 0 Å². The van der Waals surface area contributed by atoms with Gasteiger partial charge in [-0.2, -0.15) is 10.2 Å². The van der Waals surface area contributed by atoms with E-state index >= 15 is 0 Å². The number of fused-ring (bicyclic) bond motifs is 5. The second-order valence-corrected chi connectivity index (χ2v) is 12.1. The Morgan fingerprint density at radius 2 is 1.88 bits per heavy atom. The molecular formula is C26H44N4O3. The molecule has 0 bridgehead atoms. The first kappa shape index (κ1) is 24.6. The Morgan fingerprint density at radius 3 is 2.55 bits per heavy atom. The van der Waals surface area contributed by atoms with Crippen LogP contribution in [0.3, 0.4) is 0 Å². The minimum absolute atomic E-state index is 0.0550. The third-order valence-corrected chi connectivity index (χ3v) is 10.4. The molecule has 4 fully saturated rings. The van der Waals surface area contributed by atoms with Crippen LogP contribution in [0.4, 0.5) is 0 Å². The van der Waals surface area contributed by atoms with Gasteiger partial charge < -0.3 is 9.84 Å². The maximum absolute atomic E-state index is 13.4. The van der Waals surface area contributed by atoms with Crippen molar-refractivity contribution in [2.24, 2.45) is 45.5 Å². The number of nitrogens with one attached hydrogen (secondary N) is 2. The summed E-state index contributed by atoms with van der Waals surface area (Å²) in [5.74, 6) is 3.09. The highest BCUT2D eigenvalue weighted by atomic mass is 16.5. The van der Waals surface area contributed by atoms with Gasteiger partial charge in [-0.1, -0.05) is 13.8 Å². The molecule has 7 nitrogen and oxygen atoms in total. The molecule has 0 radical (unpaired) electrons. The van der Waals surface area contributed by atoms with Crippen LogP contribution >= 0.6 is 0 Å². The lowest BCUT2D eigenvalue weighted by Crippen LogP contribution is -2.57. The predicted octanol–water partition coefficient (Wildman–Crippen LogP) is 4.01. The number of ketones is 1. The van der Waals surface area contributed by atoms with E-state index in [2.05, 4.69) is 31.1 Å². The molecule has 8 atom stereocenters. The van der Waals surface area contributed by atoms with Gasteiger partial charge in [0.25, 0.3) is 0 Å². The molecule has 7 heteroatoms. The fourth-order valence-corrected chi connectivity index (χ4v) is 8.83. The van der Waals surface area contributed by atoms with E-state index in [1.165, 1.54) is 24.4 Å². The Labute approximate surface area is 199 Å². The normalized spacial score (nSPS) is 44.2. The summed E-state index contributed by atoms with van der Waals surface area (Å²) in [6, 6.07) is 0. The van der Waals surface area contributed by atoms with Crippen molar-refractivity contribution < 1.29 is 14.6 Å². The fraction of sp³-hybridized carbons (Fsp3) is 0.885. The molecule has 4 aliphatic rings. The third kappa shape index (κ3) is 4.24. The number of nitrogens with zero attached hydrogens (tertiary/aromatic N) is 2. The van der Waals surface area contributed by atoms with Gasteiger partial charge in [0.05, 0.1) is 12.2 Å². The molecule has 0 heterocycles. The maximum Gasteiger partial charge on any atom is 0.159 e. The number of carbonyl (C=O) groups is 1. The molecule has 0 aromatic carbocycles. The Balaban J connectivity index is 1.48. The van der Waals surface area contributed by atoms with Crippen LogP contribution in [0, 0.1) is 45.8 Å². The summed E-state index contributed by atoms with van der Waals surface area (Å²) >= 11 is 0. The van der Waals surface area contributed by atoms with Crippen molar-refractivity contribution in [1.82, 2.24) is 10.5 Å². The summed E-state index contributed by atoms with van der Waals surface area (Å²) in [5.41, 5.74) is 2.49. The van der Waals surface area contributed by atoms with E-state index < -0.39 is 5.60 Å². The average Bonchev–Trinajstić information content (AvgIpc) is 3.11. The summed E-state index contributed by atoms with van der Waals surface area (Å²) in [6.07, 6.45) is 9.61. The van der Waals surface area contributed by atoms with Gasteiger partial charge in [-0.15, -0.1) is 0 Å². The molecule has 4 saturated carbocycles. The van der Waals surface area contributed by atoms with E-state index in [1.54, 1.807) is 14.0 Å². The van der Waals surface area contributed by atoms with Crippen LogP contribution in [0.25, 0.3) is 0 Å². The molecule has 0 saturated heterocycles. The summed E-state index contributed by atoms with van der Waals surface area (Å²) in [6.45, 7) is 10.7. The van der Waals surface area contributed by atoms with Crippen LogP contribution in [-0.4, -0.2) is 54.4 Å². The predicted molar refractivity (Wildman–Crippen MR) is 130 cm³/mol. The standard InChI is InChI=1S/C26H44N4O3/c1-17(27)29-30(28-4)15-23(31)22-9-8-20-19-7-6-18-14-26(32,16-33-5)13-12-24(18,2)21(19)10-11-25(20,22)3/h18-22,32H,4,6-16H2,1-3,5H3,(H2,27,29)/t18-,19?,20-,21-,22+,24?,25?,26+/m0/s1. The van der Waals surface area contributed by atoms with Gasteiger partial charge in [-0.3, -0.25) is 15.6 Å². The number of aliphatic hydroxyl groups is 1. The van der Waals surface area contributed by atoms with Crippen molar-refractivity contribution in [2.75, 3.05) is 20.3 Å². The second kappa shape index (κ2) is 8.95. The van der Waals surface area contributed by atoms with Gasteiger partial charge in [0.15, 0.2) is 5.78 Å². The number of carbonyl (C=O) groups excluding carboxylic acids is 1. The summed E-state index contributed by atoms with van der Waals surface area (Å²) < 4.78 is 5.35. The van der Waals surface area contributed by atoms with Crippen LogP contribution in [0.2, 0.25) is 0 Å². The zero-order chi connectivity index (χ0) is 24.0. The molecule has 3 unspecified atom stereocenters. The molecule has 33 heavy (non-hydrogen) atoms. The SMILES string of the molecule is C=NN(CC(=O)[C@H]1CC[C@H]2C3CC[C@H]4C[C@@](O)(COC)CCC4(C)[C@H]3CCC12C)NC(C)=N. The number of hydrogen-bond acceptors (Lipinski definition) is 6. The highest BCUT2D eigenvalue weighted by molar-refractivity contribution is 5.84. The zero-order valence-electron chi connectivity index (χ0n) is 21.0. The number of methoxy groups -OCH3 is 1. The molecule has 0 aromatic rings. The van der Waals surface area contributed by atoms with Gasteiger partial charge in [-0.25, -0.2) is 0 Å². The largest absolute Gasteiger partial charge is 0.387 e. The zero-order valence-corrected chi connectivity index (χ0v) is 21.0. The molecule has 0 amide bonds. The number of amidine groups is 1. The molecular weight excluding hydrogens is 416 g/mol. The highest BCUT2D eigenvalue weighted by Crippen LogP contribution is 2.68. The van der Waals surface area contributed by atoms with Gasteiger partial charge in [0.1, 0.15) is 12.4 Å². The van der Waals surface area contributed by atoms with E-state index in [9.17, 15) is 9.90 Å². The number of ether oxygens (including phenoxy) is 1. The summed E-state index contributed by atoms with van der Waals surface area (Å²) in [7, 11) is 1.69. The Bertz CT molecular complexity index is 789. The fourth-order valence-electron chi connectivity index (χ4n) is 8.83. The lowest BCUT2D eigenvalue weighted by molar-refractivity contribution is -0.164. The number of rotatable bonds is 7. The number of hydrazine groups is 1. The van der Waals surface area contributed by atoms with Crippen LogP contribution in [0.5, 0.6) is 0 Å². The first-order valence-corrected chi connectivity index (χ1v) is 12.9. The molecule has 4 aliphatic carbocycles. The van der Waals surface area contributed by atoms with Gasteiger partial charge >= 0.3 is 0 Å². The molecule has 4 rings (SSSR count). The van der Waals surface area contributed by atoms with Gasteiger partial charge in [0, 0.05) is 19.7 Å². The highest BCUT2D eigenvalue weighted by Gasteiger charge is 2.62. The minimum atomic E-state index is -0.659. The van der Waals surface area contributed by atoms with E-state index in [0.717, 1.165) is 38.5 Å². The van der Waals surface area contributed by atoms with Crippen LogP contribution < -0.4 is 5.43 Å². The van der Waals surface area contributed by atoms with Crippen molar-refractivity contribution in [3.05, 3.63) is 0 Å². The van der Waals surface area contributed by atoms with Crippen LogP contribution in [0.15, 0.2) is 5.10 Å². The van der Waals surface area contributed by atoms with Crippen molar-refractivity contribution in [2.45, 2.75) is 84.2 Å². The average molecular weight is 461 g/mol. The minimum Gasteiger partial charge on any atom is -0.387 e. The molecule has 186 valence electrons. The molecule has 0 spiro atoms. The van der Waals surface area contributed by atoms with Crippen LogP contribution in [0.1, 0.15) is 78.6 Å². The van der Waals surface area contributed by atoms with E-state index in [0.29, 0.717) is 35.7 Å². The number of hydrogen-bond donors (Lipinski definition) is 3. The Kier molecular flexibility index (Phi) is 6.69. The third-order valence-electron chi connectivity index (χ3n) is 10.4. The summed E-state index contributed by atoms with van der Waals surface area (Å²) in [4.78, 5) is 13.4. The van der Waals surface area contributed by atoms with E-state index in [1.807, 2.05) is 0 Å². The molecule has 0 aromatic heterocycles. The monoisotopic (exact) mass is 460 g/mol. The molecule has 0 aliphatic heterocycles. The first-order valence-electron chi connectivity index (χ1n) is 12.9. The Morgan fingerprint density at radius 1 is 1.15 bits per heavy atom. The lowest BCUT2D eigenvalue weighted by Gasteiger charge is -2.62. The number of hydrazone groups is 1. The second-order valence-electron chi connectivity index (χ2n) is 12.1. The quantitative estimate of drug-likeness (QED) is 0.303. The van der Waals surface area contributed by atoms with E-state index in [4.69, 9.17) is 10.1 Å². The van der Waals surface area contributed by atoms with Gasteiger partial charge in [0.2, 0.25) is 0 Å². The number of Topliss-reactive ketones (excluding diaryl/α,β-unsaturated/α-hetero) is 1. The van der Waals surface area contributed by atoms with E-state index in [-0.39, 0.29) is 29.5 Å². The summed E-state index contributed by atoms with van der Waals surface area (Å²) in [5, 5.41) is 24.0. The van der Waals surface area contributed by atoms with Crippen molar-refractivity contribution in [3.63, 3.8) is 0 Å². The van der Waals surface area contributed by atoms with Crippen LogP contribution in [-0.2, 0) is 9.53 Å². The molecule has 3 N–H and O–H groups in total. The Hall–Kier alpha value is -1.47. The van der Waals surface area contributed by atoms with Crippen molar-refractivity contribution in [1.29, 1.82) is 5.41 Å². The lowest BCUT2D eigenvalue weighted by atomic mass is 9.44. The maximum atomic E-state index is 13.4. The van der Waals surface area contributed by atoms with Gasteiger partial charge in [-0.05, 0) is 99.2 Å². The smallest absolute Gasteiger partial charge is 0.159 e. The first-order chi connectivity index (χ1) is 15.6. The topological polar surface area (TPSA) is 98.0 Å².